The van der Waals surface area contributed by atoms with E-state index in [0.717, 1.165) is 33.3 Å². The monoisotopic (exact) mass is 508 g/mol. The maximum atomic E-state index is 13.9. The highest BCUT2D eigenvalue weighted by molar-refractivity contribution is 6.03. The van der Waals surface area contributed by atoms with Crippen molar-refractivity contribution in [3.8, 4) is 0 Å². The molecule has 5 rings (SSSR count). The Morgan fingerprint density at radius 1 is 0.947 bits per heavy atom. The highest BCUT2D eigenvalue weighted by Crippen LogP contribution is 2.44. The minimum Gasteiger partial charge on any atom is -0.358 e. The van der Waals surface area contributed by atoms with E-state index in [-0.39, 0.29) is 24.2 Å². The first-order valence-electron chi connectivity index (χ1n) is 13.0. The summed E-state index contributed by atoms with van der Waals surface area (Å²) < 4.78 is 0. The molecule has 3 unspecified atom stereocenters. The van der Waals surface area contributed by atoms with E-state index in [9.17, 15) is 14.4 Å². The molecule has 1 aliphatic rings. The van der Waals surface area contributed by atoms with Crippen LogP contribution in [0.5, 0.6) is 0 Å². The van der Waals surface area contributed by atoms with Crippen LogP contribution in [0, 0.1) is 12.8 Å². The SMILES string of the molecule is CCC(C)C(C(=O)NNC(=O)Cc1ccccc1)N1C(=O)c2ccccc2C1c1c(C)[nH]c2ccccc12. The van der Waals surface area contributed by atoms with Gasteiger partial charge in [0, 0.05) is 27.7 Å². The first-order chi connectivity index (χ1) is 18.4. The van der Waals surface area contributed by atoms with Gasteiger partial charge in [0.1, 0.15) is 6.04 Å². The summed E-state index contributed by atoms with van der Waals surface area (Å²) in [6.07, 6.45) is 0.816. The number of hydrogen-bond donors (Lipinski definition) is 3. The Morgan fingerprint density at radius 2 is 1.63 bits per heavy atom. The number of rotatable bonds is 7. The second kappa shape index (κ2) is 10.5. The summed E-state index contributed by atoms with van der Waals surface area (Å²) in [6, 6.07) is 23.7. The summed E-state index contributed by atoms with van der Waals surface area (Å²) in [5.41, 5.74) is 10.4. The molecule has 3 amide bonds. The van der Waals surface area contributed by atoms with Crippen LogP contribution in [0.4, 0.5) is 0 Å². The molecule has 0 bridgehead atoms. The van der Waals surface area contributed by atoms with E-state index in [1.165, 1.54) is 0 Å². The zero-order valence-electron chi connectivity index (χ0n) is 21.8. The van der Waals surface area contributed by atoms with Crippen LogP contribution >= 0.6 is 0 Å². The molecular formula is C31H32N4O3. The molecule has 38 heavy (non-hydrogen) atoms. The van der Waals surface area contributed by atoms with Gasteiger partial charge in [-0.3, -0.25) is 25.2 Å². The molecule has 3 N–H and O–H groups in total. The molecule has 7 heteroatoms. The van der Waals surface area contributed by atoms with Crippen LogP contribution in [0.25, 0.3) is 10.9 Å². The van der Waals surface area contributed by atoms with E-state index in [1.54, 1.807) is 4.90 Å². The zero-order chi connectivity index (χ0) is 26.8. The number of benzene rings is 3. The Morgan fingerprint density at radius 3 is 2.39 bits per heavy atom. The highest BCUT2D eigenvalue weighted by atomic mass is 16.2. The van der Waals surface area contributed by atoms with Gasteiger partial charge in [0.2, 0.25) is 5.91 Å². The molecule has 0 fully saturated rings. The quantitative estimate of drug-likeness (QED) is 0.312. The maximum absolute atomic E-state index is 13.9. The van der Waals surface area contributed by atoms with E-state index < -0.39 is 18.0 Å². The first kappa shape index (κ1) is 25.3. The number of aryl methyl sites for hydroxylation is 1. The first-order valence-corrected chi connectivity index (χ1v) is 13.0. The summed E-state index contributed by atoms with van der Waals surface area (Å²) >= 11 is 0. The summed E-state index contributed by atoms with van der Waals surface area (Å²) in [5, 5.41) is 1.02. The van der Waals surface area contributed by atoms with Crippen LogP contribution in [0.3, 0.4) is 0 Å². The van der Waals surface area contributed by atoms with E-state index in [1.807, 2.05) is 99.6 Å². The predicted octanol–water partition coefficient (Wildman–Crippen LogP) is 4.83. The van der Waals surface area contributed by atoms with Crippen molar-refractivity contribution >= 4 is 28.6 Å². The highest BCUT2D eigenvalue weighted by Gasteiger charge is 2.46. The minimum atomic E-state index is -0.796. The van der Waals surface area contributed by atoms with Crippen LogP contribution in [-0.2, 0) is 16.0 Å². The second-order valence-electron chi connectivity index (χ2n) is 9.94. The van der Waals surface area contributed by atoms with Crippen LogP contribution in [0.1, 0.15) is 59.1 Å². The van der Waals surface area contributed by atoms with Crippen molar-refractivity contribution in [3.63, 3.8) is 0 Å². The molecule has 0 aliphatic carbocycles. The molecule has 0 saturated carbocycles. The summed E-state index contributed by atoms with van der Waals surface area (Å²) in [7, 11) is 0. The Hall–Kier alpha value is -4.39. The van der Waals surface area contributed by atoms with Crippen molar-refractivity contribution in [2.24, 2.45) is 5.92 Å². The molecule has 0 spiro atoms. The average molecular weight is 509 g/mol. The van der Waals surface area contributed by atoms with Crippen LogP contribution in [0.2, 0.25) is 0 Å². The van der Waals surface area contributed by atoms with Gasteiger partial charge in [-0.2, -0.15) is 0 Å². The van der Waals surface area contributed by atoms with Gasteiger partial charge < -0.3 is 9.88 Å². The van der Waals surface area contributed by atoms with Gasteiger partial charge in [0.15, 0.2) is 0 Å². The number of carbonyl (C=O) groups is 3. The van der Waals surface area contributed by atoms with Gasteiger partial charge in [-0.05, 0) is 36.1 Å². The lowest BCUT2D eigenvalue weighted by Gasteiger charge is -2.36. The number of carbonyl (C=O) groups excluding carboxylic acids is 3. The van der Waals surface area contributed by atoms with Crippen molar-refractivity contribution in [3.05, 3.63) is 107 Å². The topological polar surface area (TPSA) is 94.3 Å². The van der Waals surface area contributed by atoms with E-state index in [4.69, 9.17) is 0 Å². The van der Waals surface area contributed by atoms with Crippen molar-refractivity contribution in [2.75, 3.05) is 0 Å². The minimum absolute atomic E-state index is 0.139. The number of aromatic nitrogens is 1. The van der Waals surface area contributed by atoms with Gasteiger partial charge >= 0.3 is 0 Å². The lowest BCUT2D eigenvalue weighted by molar-refractivity contribution is -0.133. The van der Waals surface area contributed by atoms with Crippen LogP contribution < -0.4 is 10.9 Å². The summed E-state index contributed by atoms with van der Waals surface area (Å²) in [5.74, 6) is -1.09. The Balaban J connectivity index is 1.50. The van der Waals surface area contributed by atoms with Crippen LogP contribution in [0.15, 0.2) is 78.9 Å². The van der Waals surface area contributed by atoms with E-state index in [2.05, 4.69) is 15.8 Å². The maximum Gasteiger partial charge on any atom is 0.261 e. The Bertz CT molecular complexity index is 1490. The lowest BCUT2D eigenvalue weighted by atomic mass is 9.91. The molecular weight excluding hydrogens is 476 g/mol. The number of fused-ring (bicyclic) bond motifs is 2. The fourth-order valence-electron chi connectivity index (χ4n) is 5.48. The van der Waals surface area contributed by atoms with Crippen molar-refractivity contribution in [1.82, 2.24) is 20.7 Å². The number of aromatic amines is 1. The summed E-state index contributed by atoms with van der Waals surface area (Å²) in [4.78, 5) is 45.4. The fraction of sp³-hybridized carbons (Fsp3) is 0.258. The fourth-order valence-corrected chi connectivity index (χ4v) is 5.48. The third-order valence-electron chi connectivity index (χ3n) is 7.50. The van der Waals surface area contributed by atoms with Gasteiger partial charge in [-0.15, -0.1) is 0 Å². The number of nitrogens with zero attached hydrogens (tertiary/aromatic N) is 1. The van der Waals surface area contributed by atoms with Gasteiger partial charge in [0.25, 0.3) is 11.8 Å². The average Bonchev–Trinajstić information content (AvgIpc) is 3.41. The molecule has 3 aromatic carbocycles. The van der Waals surface area contributed by atoms with Crippen molar-refractivity contribution < 1.29 is 14.4 Å². The molecule has 4 aromatic rings. The lowest BCUT2D eigenvalue weighted by Crippen LogP contribution is -2.56. The molecule has 3 atom stereocenters. The largest absolute Gasteiger partial charge is 0.358 e. The standard InChI is InChI=1S/C31H32N4O3/c1-4-19(2)28(30(37)34-33-26(36)18-21-12-6-5-7-13-21)35-29(22-14-8-9-15-23(22)31(35)38)27-20(3)32-25-17-11-10-16-24(25)27/h5-17,19,28-29,32H,4,18H2,1-3H3,(H,33,36)(H,34,37). The zero-order valence-corrected chi connectivity index (χ0v) is 21.8. The predicted molar refractivity (Wildman–Crippen MR) is 147 cm³/mol. The number of hydrazine groups is 1. The Labute approximate surface area is 222 Å². The number of hydrogen-bond acceptors (Lipinski definition) is 3. The van der Waals surface area contributed by atoms with Crippen LogP contribution in [-0.4, -0.2) is 33.6 Å². The van der Waals surface area contributed by atoms with Gasteiger partial charge in [0.05, 0.1) is 12.5 Å². The van der Waals surface area contributed by atoms with Crippen molar-refractivity contribution in [1.29, 1.82) is 0 Å². The van der Waals surface area contributed by atoms with E-state index in [0.29, 0.717) is 12.0 Å². The third kappa shape index (κ3) is 4.56. The molecule has 1 aromatic heterocycles. The molecule has 7 nitrogen and oxygen atoms in total. The third-order valence-corrected chi connectivity index (χ3v) is 7.50. The number of H-pyrrole nitrogens is 1. The molecule has 1 aliphatic heterocycles. The second-order valence-corrected chi connectivity index (χ2v) is 9.94. The number of para-hydroxylation sites is 1. The van der Waals surface area contributed by atoms with E-state index >= 15 is 0 Å². The normalized spacial score (nSPS) is 16.2. The molecule has 0 saturated heterocycles. The Kier molecular flexibility index (Phi) is 7.01. The summed E-state index contributed by atoms with van der Waals surface area (Å²) in [6.45, 7) is 5.96. The molecule has 0 radical (unpaired) electrons. The number of nitrogens with one attached hydrogen (secondary N) is 3. The van der Waals surface area contributed by atoms with Gasteiger partial charge in [-0.1, -0.05) is 87.0 Å². The van der Waals surface area contributed by atoms with Crippen molar-refractivity contribution in [2.45, 2.75) is 45.7 Å². The molecule has 194 valence electrons. The smallest absolute Gasteiger partial charge is 0.261 e. The number of amides is 3. The van der Waals surface area contributed by atoms with Gasteiger partial charge in [-0.25, -0.2) is 0 Å². The molecule has 2 heterocycles.